The van der Waals surface area contributed by atoms with Gasteiger partial charge in [0.25, 0.3) is 0 Å². The Hall–Kier alpha value is -2.31. The highest BCUT2D eigenvalue weighted by molar-refractivity contribution is 5.80. The second-order valence-electron chi connectivity index (χ2n) is 5.73. The van der Waals surface area contributed by atoms with E-state index in [1.165, 1.54) is 13.1 Å². The Bertz CT molecular complexity index is 619. The molecule has 2 aliphatic heterocycles. The zero-order valence-corrected chi connectivity index (χ0v) is 14.1. The van der Waals surface area contributed by atoms with Gasteiger partial charge in [-0.15, -0.1) is 0 Å². The minimum atomic E-state index is -0.955. The summed E-state index contributed by atoms with van der Waals surface area (Å²) in [7, 11) is 2.15. The average molecular weight is 332 g/mol. The molecule has 1 saturated heterocycles. The van der Waals surface area contributed by atoms with Crippen molar-refractivity contribution in [2.24, 2.45) is 0 Å². The number of nitrogens with zero attached hydrogens (tertiary/aromatic N) is 1. The quantitative estimate of drug-likeness (QED) is 0.651. The first-order valence-corrected chi connectivity index (χ1v) is 7.93. The summed E-state index contributed by atoms with van der Waals surface area (Å²) < 4.78 is 10.5. The number of nitrogens with one attached hydrogen (secondary N) is 1. The third-order valence-corrected chi connectivity index (χ3v) is 3.62. The number of carbonyl (C=O) groups is 1. The zero-order valence-electron chi connectivity index (χ0n) is 14.1. The van der Waals surface area contributed by atoms with Gasteiger partial charge in [-0.05, 0) is 31.7 Å². The average Bonchev–Trinajstić information content (AvgIpc) is 3.02. The smallest absolute Gasteiger partial charge is 0.328 e. The number of benzene rings is 1. The van der Waals surface area contributed by atoms with Crippen LogP contribution in [0.5, 0.6) is 11.5 Å². The van der Waals surface area contributed by atoms with Crippen LogP contribution in [-0.2, 0) is 4.79 Å². The lowest BCUT2D eigenvalue weighted by molar-refractivity contribution is -0.131. The first-order valence-electron chi connectivity index (χ1n) is 7.93. The van der Waals surface area contributed by atoms with E-state index in [9.17, 15) is 4.79 Å². The minimum absolute atomic E-state index is 0.250. The van der Waals surface area contributed by atoms with Crippen LogP contribution in [0, 0.1) is 0 Å². The van der Waals surface area contributed by atoms with Crippen molar-refractivity contribution in [1.82, 2.24) is 10.2 Å². The number of fused-ring (bicyclic) bond motifs is 1. The van der Waals surface area contributed by atoms with E-state index in [2.05, 4.69) is 17.3 Å². The van der Waals surface area contributed by atoms with Gasteiger partial charge in [-0.3, -0.25) is 0 Å². The van der Waals surface area contributed by atoms with Crippen molar-refractivity contribution in [1.29, 1.82) is 0 Å². The maximum absolute atomic E-state index is 10.4. The molecule has 0 amide bonds. The third-order valence-electron chi connectivity index (χ3n) is 3.62. The predicted molar refractivity (Wildman–Crippen MR) is 93.4 cm³/mol. The molecule has 0 radical (unpaired) electrons. The molecule has 0 saturated carbocycles. The summed E-state index contributed by atoms with van der Waals surface area (Å²) in [5, 5.41) is 11.8. The third kappa shape index (κ3) is 6.06. The van der Waals surface area contributed by atoms with Crippen LogP contribution in [0.2, 0.25) is 0 Å². The van der Waals surface area contributed by atoms with Crippen LogP contribution in [0.1, 0.15) is 12.5 Å². The van der Waals surface area contributed by atoms with Crippen LogP contribution >= 0.6 is 0 Å². The Labute approximate surface area is 142 Å². The zero-order chi connectivity index (χ0) is 17.4. The number of rotatable bonds is 3. The molecule has 0 unspecified atom stereocenters. The first kappa shape index (κ1) is 18.0. The molecule has 24 heavy (non-hydrogen) atoms. The summed E-state index contributed by atoms with van der Waals surface area (Å²) in [5.41, 5.74) is 1.80. The normalized spacial score (nSPS) is 17.5. The minimum Gasteiger partial charge on any atom is -0.478 e. The molecule has 0 aromatic heterocycles. The van der Waals surface area contributed by atoms with Gasteiger partial charge in [0.05, 0.1) is 0 Å². The fourth-order valence-electron chi connectivity index (χ4n) is 2.29. The number of hydrogen-bond acceptors (Lipinski definition) is 5. The van der Waals surface area contributed by atoms with Crippen LogP contribution in [0.3, 0.4) is 0 Å². The van der Waals surface area contributed by atoms with E-state index in [-0.39, 0.29) is 6.79 Å². The first-order chi connectivity index (χ1) is 11.5. The highest BCUT2D eigenvalue weighted by atomic mass is 16.7. The molecule has 2 aliphatic rings. The Morgan fingerprint density at radius 2 is 1.92 bits per heavy atom. The lowest BCUT2D eigenvalue weighted by Gasteiger charge is -2.21. The molecule has 6 nitrogen and oxygen atoms in total. The second-order valence-corrected chi connectivity index (χ2v) is 5.73. The lowest BCUT2D eigenvalue weighted by atomic mass is 10.1. The number of piperazine rings is 1. The van der Waals surface area contributed by atoms with Crippen molar-refractivity contribution in [2.45, 2.75) is 6.92 Å². The van der Waals surface area contributed by atoms with Gasteiger partial charge in [-0.1, -0.05) is 23.8 Å². The number of likely N-dealkylation sites (N-methyl/N-ethyl adjacent to an activating group) is 1. The summed E-state index contributed by atoms with van der Waals surface area (Å²) >= 11 is 0. The van der Waals surface area contributed by atoms with Gasteiger partial charge in [-0.2, -0.15) is 0 Å². The van der Waals surface area contributed by atoms with Crippen molar-refractivity contribution < 1.29 is 19.4 Å². The van der Waals surface area contributed by atoms with Gasteiger partial charge in [-0.25, -0.2) is 4.79 Å². The number of aliphatic carboxylic acids is 1. The van der Waals surface area contributed by atoms with Gasteiger partial charge in [0, 0.05) is 32.3 Å². The maximum atomic E-state index is 10.4. The van der Waals surface area contributed by atoms with Gasteiger partial charge >= 0.3 is 5.97 Å². The van der Waals surface area contributed by atoms with Crippen LogP contribution < -0.4 is 14.8 Å². The maximum Gasteiger partial charge on any atom is 0.328 e. The number of carboxylic acids is 1. The van der Waals surface area contributed by atoms with Crippen molar-refractivity contribution in [3.63, 3.8) is 0 Å². The molecule has 3 rings (SSSR count). The van der Waals surface area contributed by atoms with Gasteiger partial charge in [0.2, 0.25) is 6.79 Å². The summed E-state index contributed by atoms with van der Waals surface area (Å²) in [4.78, 5) is 12.7. The summed E-state index contributed by atoms with van der Waals surface area (Å²) in [6.07, 6.45) is 4.53. The van der Waals surface area contributed by atoms with Crippen molar-refractivity contribution in [2.75, 3.05) is 40.0 Å². The summed E-state index contributed by atoms with van der Waals surface area (Å²) in [6.45, 7) is 6.83. The molecule has 1 fully saturated rings. The summed E-state index contributed by atoms with van der Waals surface area (Å²) in [5.74, 6) is 0.498. The lowest BCUT2D eigenvalue weighted by Crippen LogP contribution is -2.40. The molecule has 0 aliphatic carbocycles. The standard InChI is InChI=1S/C13H12O4.C5H12N2/c1-9(2-5-13(14)15)6-10-3-4-11-12(7-10)17-8-16-11;1-7-4-2-6-3-5-7/h2-7H,8H2,1H3,(H,14,15);6H,2-5H2,1H3. The van der Waals surface area contributed by atoms with Crippen molar-refractivity contribution >= 4 is 12.0 Å². The molecule has 2 N–H and O–H groups in total. The monoisotopic (exact) mass is 332 g/mol. The summed E-state index contributed by atoms with van der Waals surface area (Å²) in [6, 6.07) is 5.59. The molecule has 0 spiro atoms. The van der Waals surface area contributed by atoms with Crippen LogP contribution in [0.25, 0.3) is 6.08 Å². The molecule has 2 heterocycles. The van der Waals surface area contributed by atoms with E-state index in [1.54, 1.807) is 6.08 Å². The molecular weight excluding hydrogens is 308 g/mol. The highest BCUT2D eigenvalue weighted by Gasteiger charge is 2.12. The van der Waals surface area contributed by atoms with E-state index >= 15 is 0 Å². The molecule has 130 valence electrons. The van der Waals surface area contributed by atoms with E-state index in [0.29, 0.717) is 5.75 Å². The Morgan fingerprint density at radius 3 is 2.54 bits per heavy atom. The van der Waals surface area contributed by atoms with E-state index in [1.807, 2.05) is 31.2 Å². The number of ether oxygens (including phenoxy) is 2. The molecular formula is C18H24N2O4. The van der Waals surface area contributed by atoms with Crippen LogP contribution in [-0.4, -0.2) is 56.0 Å². The Kier molecular flexibility index (Phi) is 6.84. The molecule has 6 heteroatoms. The van der Waals surface area contributed by atoms with Gasteiger partial charge in [0.15, 0.2) is 11.5 Å². The molecule has 0 atom stereocenters. The number of carboxylic acid groups (broad SMARTS) is 1. The Morgan fingerprint density at radius 1 is 1.21 bits per heavy atom. The SMILES string of the molecule is CC(C=CC(=O)O)=Cc1ccc2c(c1)OCO2.CN1CCNCC1. The van der Waals surface area contributed by atoms with E-state index in [0.717, 1.165) is 36.1 Å². The number of allylic oxidation sites excluding steroid dienone is 2. The predicted octanol–water partition coefficient (Wildman–Crippen LogP) is 1.98. The molecule has 1 aromatic rings. The Balaban J connectivity index is 0.000000249. The fraction of sp³-hybridized carbons (Fsp3) is 0.389. The van der Waals surface area contributed by atoms with Gasteiger partial charge in [0.1, 0.15) is 0 Å². The molecule has 1 aromatic carbocycles. The van der Waals surface area contributed by atoms with Crippen molar-refractivity contribution in [3.8, 4) is 11.5 Å². The highest BCUT2D eigenvalue weighted by Crippen LogP contribution is 2.33. The molecule has 0 bridgehead atoms. The van der Waals surface area contributed by atoms with Crippen molar-refractivity contribution in [3.05, 3.63) is 41.5 Å². The largest absolute Gasteiger partial charge is 0.478 e. The van der Waals surface area contributed by atoms with Crippen LogP contribution in [0.15, 0.2) is 35.9 Å². The second kappa shape index (κ2) is 9.10. The van der Waals surface area contributed by atoms with E-state index in [4.69, 9.17) is 14.6 Å². The van der Waals surface area contributed by atoms with Gasteiger partial charge < -0.3 is 24.8 Å². The van der Waals surface area contributed by atoms with Crippen LogP contribution in [0.4, 0.5) is 0 Å². The fourth-order valence-corrected chi connectivity index (χ4v) is 2.29. The number of hydrogen-bond donors (Lipinski definition) is 2. The van der Waals surface area contributed by atoms with E-state index < -0.39 is 5.97 Å². The topological polar surface area (TPSA) is 71.0 Å².